The Labute approximate surface area is 144 Å². The quantitative estimate of drug-likeness (QED) is 0.814. The van der Waals surface area contributed by atoms with Crippen LogP contribution in [0.4, 0.5) is 0 Å². The van der Waals surface area contributed by atoms with Crippen LogP contribution < -0.4 is 5.32 Å². The fraction of sp³-hybridized carbons (Fsp3) is 0.500. The fourth-order valence-corrected chi connectivity index (χ4v) is 3.37. The molecular weight excluding hydrogens is 300 g/mol. The lowest BCUT2D eigenvalue weighted by Gasteiger charge is -2.39. The number of hydrogen-bond donors (Lipinski definition) is 1. The van der Waals surface area contributed by atoms with Crippen LogP contribution in [0.2, 0.25) is 0 Å². The molecule has 0 unspecified atom stereocenters. The first kappa shape index (κ1) is 18.2. The Morgan fingerprint density at radius 3 is 2.29 bits per heavy atom. The van der Waals surface area contributed by atoms with Crippen LogP contribution in [0.5, 0.6) is 0 Å². The van der Waals surface area contributed by atoms with Crippen LogP contribution in [0.15, 0.2) is 36.4 Å². The zero-order valence-corrected chi connectivity index (χ0v) is 14.8. The van der Waals surface area contributed by atoms with E-state index >= 15 is 0 Å². The van der Waals surface area contributed by atoms with Gasteiger partial charge in [0.2, 0.25) is 11.8 Å². The van der Waals surface area contributed by atoms with E-state index in [1.54, 1.807) is 6.08 Å². The Kier molecular flexibility index (Phi) is 6.59. The van der Waals surface area contributed by atoms with Gasteiger partial charge in [-0.15, -0.1) is 0 Å². The minimum atomic E-state index is -0.734. The van der Waals surface area contributed by atoms with Crippen LogP contribution in [0.25, 0.3) is 6.08 Å². The number of benzene rings is 1. The summed E-state index contributed by atoms with van der Waals surface area (Å²) in [7, 11) is 0. The van der Waals surface area contributed by atoms with E-state index < -0.39 is 5.54 Å². The number of likely N-dealkylation sites (N-methyl/N-ethyl adjacent to an activating group) is 1. The molecule has 1 aliphatic carbocycles. The second kappa shape index (κ2) is 8.67. The highest BCUT2D eigenvalue weighted by atomic mass is 16.2. The Morgan fingerprint density at radius 2 is 1.71 bits per heavy atom. The third kappa shape index (κ3) is 4.47. The van der Waals surface area contributed by atoms with Crippen molar-refractivity contribution in [1.29, 1.82) is 0 Å². The van der Waals surface area contributed by atoms with Crippen molar-refractivity contribution in [1.82, 2.24) is 10.2 Å². The molecule has 2 amide bonds. The number of rotatable bonds is 6. The molecule has 0 bridgehead atoms. The van der Waals surface area contributed by atoms with Crippen molar-refractivity contribution in [2.45, 2.75) is 51.5 Å². The monoisotopic (exact) mass is 328 g/mol. The Hall–Kier alpha value is -2.10. The van der Waals surface area contributed by atoms with Crippen molar-refractivity contribution < 1.29 is 9.59 Å². The van der Waals surface area contributed by atoms with Gasteiger partial charge >= 0.3 is 0 Å². The van der Waals surface area contributed by atoms with E-state index in [0.717, 1.165) is 37.7 Å². The SMILES string of the molecule is CCN(CC)C(=O)C1(NC(=O)/C=C/c2ccccc2)CCCCC1. The lowest BCUT2D eigenvalue weighted by Crippen LogP contribution is -2.60. The molecule has 0 aliphatic heterocycles. The summed E-state index contributed by atoms with van der Waals surface area (Å²) in [6.07, 6.45) is 7.86. The van der Waals surface area contributed by atoms with Gasteiger partial charge in [-0.25, -0.2) is 0 Å². The van der Waals surface area contributed by atoms with Crippen LogP contribution in [-0.4, -0.2) is 35.3 Å². The van der Waals surface area contributed by atoms with E-state index in [1.807, 2.05) is 49.1 Å². The number of nitrogens with one attached hydrogen (secondary N) is 1. The standard InChI is InChI=1S/C20H28N2O2/c1-3-22(4-2)19(24)20(15-9-6-10-16-20)21-18(23)14-13-17-11-7-5-8-12-17/h5,7-8,11-14H,3-4,6,9-10,15-16H2,1-2H3,(H,21,23)/b14-13+. The summed E-state index contributed by atoms with van der Waals surface area (Å²) in [6.45, 7) is 5.31. The third-order valence-electron chi connectivity index (χ3n) is 4.76. The molecule has 1 saturated carbocycles. The average Bonchev–Trinajstić information content (AvgIpc) is 2.62. The maximum atomic E-state index is 13.0. The maximum Gasteiger partial charge on any atom is 0.248 e. The van der Waals surface area contributed by atoms with Crippen LogP contribution in [0.3, 0.4) is 0 Å². The summed E-state index contributed by atoms with van der Waals surface area (Å²) in [6, 6.07) is 9.70. The van der Waals surface area contributed by atoms with Gasteiger partial charge in [0, 0.05) is 19.2 Å². The highest BCUT2D eigenvalue weighted by Crippen LogP contribution is 2.30. The van der Waals surface area contributed by atoms with E-state index in [0.29, 0.717) is 13.1 Å². The lowest BCUT2D eigenvalue weighted by atomic mass is 9.80. The predicted molar refractivity (Wildman–Crippen MR) is 97.4 cm³/mol. The number of nitrogens with zero attached hydrogens (tertiary/aromatic N) is 1. The van der Waals surface area contributed by atoms with Crippen LogP contribution in [0.1, 0.15) is 51.5 Å². The number of carbonyl (C=O) groups is 2. The first-order valence-corrected chi connectivity index (χ1v) is 8.96. The van der Waals surface area contributed by atoms with Crippen molar-refractivity contribution >= 4 is 17.9 Å². The minimum absolute atomic E-state index is 0.0636. The molecule has 0 aromatic heterocycles. The maximum absolute atomic E-state index is 13.0. The van der Waals surface area contributed by atoms with Gasteiger partial charge in [0.25, 0.3) is 0 Å². The topological polar surface area (TPSA) is 49.4 Å². The second-order valence-electron chi connectivity index (χ2n) is 6.35. The summed E-state index contributed by atoms with van der Waals surface area (Å²) in [5.74, 6) is -0.130. The van der Waals surface area contributed by atoms with Gasteiger partial charge in [-0.2, -0.15) is 0 Å². The van der Waals surface area contributed by atoms with Crippen molar-refractivity contribution in [2.24, 2.45) is 0 Å². The van der Waals surface area contributed by atoms with Gasteiger partial charge in [-0.3, -0.25) is 9.59 Å². The number of hydrogen-bond acceptors (Lipinski definition) is 2. The summed E-state index contributed by atoms with van der Waals surface area (Å²) in [4.78, 5) is 27.2. The normalized spacial score (nSPS) is 16.8. The fourth-order valence-electron chi connectivity index (χ4n) is 3.37. The highest BCUT2D eigenvalue weighted by molar-refractivity contribution is 5.97. The molecule has 4 nitrogen and oxygen atoms in total. The molecular formula is C20H28N2O2. The molecule has 130 valence electrons. The first-order valence-electron chi connectivity index (χ1n) is 8.96. The summed E-state index contributed by atoms with van der Waals surface area (Å²) >= 11 is 0. The Balaban J connectivity index is 2.12. The molecule has 1 aromatic carbocycles. The van der Waals surface area contributed by atoms with E-state index in [-0.39, 0.29) is 11.8 Å². The number of amides is 2. The van der Waals surface area contributed by atoms with E-state index in [1.165, 1.54) is 6.08 Å². The lowest BCUT2D eigenvalue weighted by molar-refractivity contribution is -0.142. The highest BCUT2D eigenvalue weighted by Gasteiger charge is 2.42. The first-order chi connectivity index (χ1) is 11.6. The molecule has 0 heterocycles. The largest absolute Gasteiger partial charge is 0.341 e. The van der Waals surface area contributed by atoms with Crippen LogP contribution >= 0.6 is 0 Å². The summed E-state index contributed by atoms with van der Waals surface area (Å²) < 4.78 is 0. The molecule has 1 N–H and O–H groups in total. The number of carbonyl (C=O) groups excluding carboxylic acids is 2. The van der Waals surface area contributed by atoms with Crippen molar-refractivity contribution in [2.75, 3.05) is 13.1 Å². The van der Waals surface area contributed by atoms with E-state index in [4.69, 9.17) is 0 Å². The van der Waals surface area contributed by atoms with Gasteiger partial charge in [0.15, 0.2) is 0 Å². The average molecular weight is 328 g/mol. The van der Waals surface area contributed by atoms with Gasteiger partial charge in [0.05, 0.1) is 0 Å². The summed E-state index contributed by atoms with van der Waals surface area (Å²) in [5.41, 5.74) is 0.239. The molecule has 24 heavy (non-hydrogen) atoms. The molecule has 0 saturated heterocycles. The molecule has 1 fully saturated rings. The zero-order chi connectivity index (χ0) is 17.4. The molecule has 2 rings (SSSR count). The molecule has 1 aromatic rings. The molecule has 4 heteroatoms. The second-order valence-corrected chi connectivity index (χ2v) is 6.35. The van der Waals surface area contributed by atoms with Gasteiger partial charge in [-0.1, -0.05) is 49.6 Å². The van der Waals surface area contributed by atoms with Crippen LogP contribution in [0, 0.1) is 0 Å². The van der Waals surface area contributed by atoms with Gasteiger partial charge < -0.3 is 10.2 Å². The van der Waals surface area contributed by atoms with Gasteiger partial charge in [-0.05, 0) is 38.3 Å². The van der Waals surface area contributed by atoms with Crippen LogP contribution in [-0.2, 0) is 9.59 Å². The smallest absolute Gasteiger partial charge is 0.248 e. The van der Waals surface area contributed by atoms with E-state index in [2.05, 4.69) is 5.32 Å². The molecule has 0 atom stereocenters. The summed E-state index contributed by atoms with van der Waals surface area (Å²) in [5, 5.41) is 3.03. The molecule has 0 spiro atoms. The third-order valence-corrected chi connectivity index (χ3v) is 4.76. The van der Waals surface area contributed by atoms with Crippen molar-refractivity contribution in [3.63, 3.8) is 0 Å². The molecule has 0 radical (unpaired) electrons. The van der Waals surface area contributed by atoms with Gasteiger partial charge in [0.1, 0.15) is 5.54 Å². The van der Waals surface area contributed by atoms with E-state index in [9.17, 15) is 9.59 Å². The predicted octanol–water partition coefficient (Wildman–Crippen LogP) is 3.39. The Bertz CT molecular complexity index is 571. The van der Waals surface area contributed by atoms with Crippen molar-refractivity contribution in [3.05, 3.63) is 42.0 Å². The minimum Gasteiger partial charge on any atom is -0.341 e. The molecule has 1 aliphatic rings. The Morgan fingerprint density at radius 1 is 1.08 bits per heavy atom. The zero-order valence-electron chi connectivity index (χ0n) is 14.8. The van der Waals surface area contributed by atoms with Crippen molar-refractivity contribution in [3.8, 4) is 0 Å².